The number of anilines is 3. The SMILES string of the molecule is Cc1cc(Nc2ccnc(NC3C[C@H]4CC[C@@H](C3)N4CCC#N)n2)n[nH]1. The first-order valence-electron chi connectivity index (χ1n) is 9.22. The summed E-state index contributed by atoms with van der Waals surface area (Å²) >= 11 is 0. The van der Waals surface area contributed by atoms with Gasteiger partial charge in [0.1, 0.15) is 5.82 Å². The number of rotatable bonds is 6. The molecule has 3 atom stereocenters. The van der Waals surface area contributed by atoms with E-state index in [0.717, 1.165) is 36.7 Å². The average molecular weight is 352 g/mol. The lowest BCUT2D eigenvalue weighted by Gasteiger charge is -2.38. The maximum Gasteiger partial charge on any atom is 0.224 e. The molecule has 2 aromatic rings. The van der Waals surface area contributed by atoms with Gasteiger partial charge in [-0.2, -0.15) is 15.3 Å². The van der Waals surface area contributed by atoms with Gasteiger partial charge in [0.25, 0.3) is 0 Å². The van der Waals surface area contributed by atoms with Gasteiger partial charge in [0.15, 0.2) is 5.82 Å². The topological polar surface area (TPSA) is 106 Å². The number of hydrogen-bond acceptors (Lipinski definition) is 7. The van der Waals surface area contributed by atoms with Crippen molar-refractivity contribution in [1.82, 2.24) is 25.1 Å². The Labute approximate surface area is 153 Å². The molecule has 0 aromatic carbocycles. The second kappa shape index (κ2) is 7.30. The summed E-state index contributed by atoms with van der Waals surface area (Å²) in [4.78, 5) is 11.5. The van der Waals surface area contributed by atoms with Crippen LogP contribution in [-0.4, -0.2) is 49.7 Å². The maximum absolute atomic E-state index is 8.85. The second-order valence-corrected chi connectivity index (χ2v) is 7.17. The number of aryl methyl sites for hydroxylation is 1. The highest BCUT2D eigenvalue weighted by Gasteiger charge is 2.40. The molecule has 26 heavy (non-hydrogen) atoms. The van der Waals surface area contributed by atoms with E-state index in [4.69, 9.17) is 5.26 Å². The van der Waals surface area contributed by atoms with Gasteiger partial charge in [-0.25, -0.2) is 4.98 Å². The normalized spacial score (nSPS) is 25.0. The van der Waals surface area contributed by atoms with E-state index in [1.54, 1.807) is 6.20 Å². The second-order valence-electron chi connectivity index (χ2n) is 7.17. The summed E-state index contributed by atoms with van der Waals surface area (Å²) in [6.45, 7) is 2.86. The maximum atomic E-state index is 8.85. The van der Waals surface area contributed by atoms with Crippen molar-refractivity contribution in [2.24, 2.45) is 0 Å². The monoisotopic (exact) mass is 352 g/mol. The van der Waals surface area contributed by atoms with E-state index in [-0.39, 0.29) is 0 Å². The Morgan fingerprint density at radius 1 is 1.31 bits per heavy atom. The van der Waals surface area contributed by atoms with Crippen molar-refractivity contribution in [3.8, 4) is 6.07 Å². The van der Waals surface area contributed by atoms with E-state index in [0.29, 0.717) is 30.5 Å². The molecular weight excluding hydrogens is 328 g/mol. The number of aromatic nitrogens is 4. The van der Waals surface area contributed by atoms with Crippen molar-refractivity contribution >= 4 is 17.6 Å². The van der Waals surface area contributed by atoms with E-state index < -0.39 is 0 Å². The third kappa shape index (κ3) is 3.63. The summed E-state index contributed by atoms with van der Waals surface area (Å²) in [5.41, 5.74) is 0.999. The van der Waals surface area contributed by atoms with Crippen LogP contribution in [0.2, 0.25) is 0 Å². The lowest BCUT2D eigenvalue weighted by molar-refractivity contribution is 0.135. The molecule has 0 spiro atoms. The molecule has 136 valence electrons. The van der Waals surface area contributed by atoms with Crippen LogP contribution in [0.5, 0.6) is 0 Å². The van der Waals surface area contributed by atoms with Crippen LogP contribution in [0.1, 0.15) is 37.8 Å². The highest BCUT2D eigenvalue weighted by Crippen LogP contribution is 2.36. The fourth-order valence-electron chi connectivity index (χ4n) is 4.23. The first-order chi connectivity index (χ1) is 12.7. The minimum Gasteiger partial charge on any atom is -0.351 e. The van der Waals surface area contributed by atoms with E-state index >= 15 is 0 Å². The number of piperidine rings is 1. The number of aromatic amines is 1. The quantitative estimate of drug-likeness (QED) is 0.733. The van der Waals surface area contributed by atoms with Gasteiger partial charge in [-0.3, -0.25) is 10.00 Å². The molecule has 2 aliphatic rings. The molecule has 3 N–H and O–H groups in total. The van der Waals surface area contributed by atoms with Crippen LogP contribution in [0, 0.1) is 18.3 Å². The van der Waals surface area contributed by atoms with Gasteiger partial charge in [0.05, 0.1) is 6.07 Å². The van der Waals surface area contributed by atoms with Gasteiger partial charge < -0.3 is 10.6 Å². The van der Waals surface area contributed by atoms with Crippen LogP contribution < -0.4 is 10.6 Å². The van der Waals surface area contributed by atoms with Crippen LogP contribution in [0.4, 0.5) is 17.6 Å². The number of nitrogens with one attached hydrogen (secondary N) is 3. The third-order valence-corrected chi connectivity index (χ3v) is 5.32. The van der Waals surface area contributed by atoms with E-state index in [1.807, 2.05) is 19.1 Å². The Morgan fingerprint density at radius 3 is 2.81 bits per heavy atom. The molecule has 2 aliphatic heterocycles. The summed E-state index contributed by atoms with van der Waals surface area (Å²) in [6, 6.07) is 7.58. The fraction of sp³-hybridized carbons (Fsp3) is 0.556. The van der Waals surface area contributed by atoms with Crippen LogP contribution in [0.25, 0.3) is 0 Å². The number of nitrogens with zero attached hydrogens (tertiary/aromatic N) is 5. The Bertz CT molecular complexity index is 780. The van der Waals surface area contributed by atoms with Gasteiger partial charge in [-0.1, -0.05) is 0 Å². The summed E-state index contributed by atoms with van der Waals surface area (Å²) in [7, 11) is 0. The van der Waals surface area contributed by atoms with Crippen molar-refractivity contribution in [3.63, 3.8) is 0 Å². The predicted octanol–water partition coefficient (Wildman–Crippen LogP) is 2.57. The van der Waals surface area contributed by atoms with Crippen molar-refractivity contribution < 1.29 is 0 Å². The first kappa shape index (κ1) is 16.8. The van der Waals surface area contributed by atoms with Gasteiger partial charge in [0.2, 0.25) is 5.95 Å². The Balaban J connectivity index is 1.38. The first-order valence-corrected chi connectivity index (χ1v) is 9.22. The Hall–Kier alpha value is -2.66. The molecule has 2 fully saturated rings. The molecule has 1 unspecified atom stereocenters. The molecule has 8 heteroatoms. The highest BCUT2D eigenvalue weighted by atomic mass is 15.3. The predicted molar refractivity (Wildman–Crippen MR) is 99.0 cm³/mol. The highest BCUT2D eigenvalue weighted by molar-refractivity contribution is 5.52. The van der Waals surface area contributed by atoms with E-state index in [9.17, 15) is 0 Å². The number of nitriles is 1. The largest absolute Gasteiger partial charge is 0.351 e. The lowest BCUT2D eigenvalue weighted by Crippen LogP contribution is -2.47. The average Bonchev–Trinajstić information content (AvgIpc) is 3.13. The minimum absolute atomic E-state index is 0.383. The summed E-state index contributed by atoms with van der Waals surface area (Å²) in [6.07, 6.45) is 7.01. The fourth-order valence-corrected chi connectivity index (χ4v) is 4.23. The Morgan fingerprint density at radius 2 is 2.12 bits per heavy atom. The zero-order valence-corrected chi connectivity index (χ0v) is 14.9. The van der Waals surface area contributed by atoms with Crippen molar-refractivity contribution in [1.29, 1.82) is 5.26 Å². The van der Waals surface area contributed by atoms with Gasteiger partial charge in [0, 0.05) is 49.0 Å². The molecule has 2 aromatic heterocycles. The van der Waals surface area contributed by atoms with Crippen LogP contribution in [0.15, 0.2) is 18.3 Å². The number of fused-ring (bicyclic) bond motifs is 2. The van der Waals surface area contributed by atoms with Gasteiger partial charge in [-0.15, -0.1) is 0 Å². The zero-order valence-electron chi connectivity index (χ0n) is 14.9. The molecule has 4 rings (SSSR count). The van der Waals surface area contributed by atoms with Crippen molar-refractivity contribution in [3.05, 3.63) is 24.0 Å². The Kier molecular flexibility index (Phi) is 4.71. The molecule has 4 heterocycles. The van der Waals surface area contributed by atoms with E-state index in [2.05, 4.69) is 41.8 Å². The molecule has 0 amide bonds. The zero-order chi connectivity index (χ0) is 17.9. The summed E-state index contributed by atoms with van der Waals surface area (Å²) in [5.74, 6) is 2.12. The molecule has 2 saturated heterocycles. The third-order valence-electron chi connectivity index (χ3n) is 5.32. The van der Waals surface area contributed by atoms with Gasteiger partial charge in [-0.05, 0) is 38.7 Å². The summed E-state index contributed by atoms with van der Waals surface area (Å²) in [5, 5.41) is 22.6. The lowest BCUT2D eigenvalue weighted by atomic mass is 9.97. The van der Waals surface area contributed by atoms with Crippen LogP contribution in [0.3, 0.4) is 0 Å². The number of hydrogen-bond donors (Lipinski definition) is 3. The molecule has 0 aliphatic carbocycles. The summed E-state index contributed by atoms with van der Waals surface area (Å²) < 4.78 is 0. The smallest absolute Gasteiger partial charge is 0.224 e. The van der Waals surface area contributed by atoms with E-state index in [1.165, 1.54) is 12.8 Å². The molecular formula is C18H24N8. The standard InChI is InChI=1S/C18H24N8/c1-12-9-17(25-24-12)22-16-5-7-20-18(23-16)21-13-10-14-3-4-15(11-13)26(14)8-2-6-19/h5,7,9,13-15H,2-4,8,10-11H2,1H3,(H3,20,21,22,23,24,25)/t13?,14-,15+. The van der Waals surface area contributed by atoms with Crippen LogP contribution >= 0.6 is 0 Å². The molecule has 2 bridgehead atoms. The van der Waals surface area contributed by atoms with Crippen molar-refractivity contribution in [2.45, 2.75) is 57.2 Å². The molecule has 0 saturated carbocycles. The van der Waals surface area contributed by atoms with Crippen LogP contribution in [-0.2, 0) is 0 Å². The number of H-pyrrole nitrogens is 1. The molecule has 0 radical (unpaired) electrons. The molecule has 8 nitrogen and oxygen atoms in total. The van der Waals surface area contributed by atoms with Crippen molar-refractivity contribution in [2.75, 3.05) is 17.2 Å². The van der Waals surface area contributed by atoms with Gasteiger partial charge >= 0.3 is 0 Å². The minimum atomic E-state index is 0.383.